The molecule has 0 bridgehead atoms. The molecule has 0 spiro atoms. The molecule has 0 aliphatic carbocycles. The third-order valence-electron chi connectivity index (χ3n) is 6.25. The number of carbonyl (C=O) groups is 1. The molecule has 0 saturated carbocycles. The van der Waals surface area contributed by atoms with E-state index in [9.17, 15) is 18.0 Å². The summed E-state index contributed by atoms with van der Waals surface area (Å²) in [4.78, 5) is 19.1. The van der Waals surface area contributed by atoms with Crippen LogP contribution >= 0.6 is 11.8 Å². The third kappa shape index (κ3) is 6.90. The van der Waals surface area contributed by atoms with Gasteiger partial charge in [-0.1, -0.05) is 48.2 Å². The van der Waals surface area contributed by atoms with Crippen LogP contribution in [-0.4, -0.2) is 69.9 Å². The van der Waals surface area contributed by atoms with Gasteiger partial charge in [-0.05, 0) is 31.2 Å². The molecule has 40 heavy (non-hydrogen) atoms. The highest BCUT2D eigenvalue weighted by Gasteiger charge is 2.31. The van der Waals surface area contributed by atoms with E-state index in [1.165, 1.54) is 24.1 Å². The lowest BCUT2D eigenvalue weighted by Gasteiger charge is -2.26. The van der Waals surface area contributed by atoms with Gasteiger partial charge >= 0.3 is 6.18 Å². The Hall–Kier alpha value is -3.68. The average Bonchev–Trinajstić information content (AvgIpc) is 3.62. The van der Waals surface area contributed by atoms with Gasteiger partial charge in [-0.3, -0.25) is 14.3 Å². The normalized spacial score (nSPS) is 14.4. The number of aromatic nitrogens is 4. The van der Waals surface area contributed by atoms with Crippen LogP contribution in [0.4, 0.5) is 13.2 Å². The van der Waals surface area contributed by atoms with Crippen LogP contribution in [0.2, 0.25) is 0 Å². The Balaban J connectivity index is 1.26. The minimum Gasteiger partial charge on any atom is -0.447 e. The monoisotopic (exact) mass is 572 g/mol. The van der Waals surface area contributed by atoms with Crippen LogP contribution < -0.4 is 5.32 Å². The summed E-state index contributed by atoms with van der Waals surface area (Å²) in [6.45, 7) is 4.64. The van der Waals surface area contributed by atoms with Crippen LogP contribution in [-0.2, 0) is 16.7 Å². The van der Waals surface area contributed by atoms with E-state index in [2.05, 4.69) is 25.4 Å². The van der Waals surface area contributed by atoms with Crippen molar-refractivity contribution in [2.75, 3.05) is 39.4 Å². The first kappa shape index (κ1) is 27.9. The van der Waals surface area contributed by atoms with Crippen molar-refractivity contribution in [1.82, 2.24) is 30.0 Å². The summed E-state index contributed by atoms with van der Waals surface area (Å²) in [7, 11) is 0. The zero-order chi connectivity index (χ0) is 28.0. The number of halogens is 3. The van der Waals surface area contributed by atoms with Crippen LogP contribution in [0, 0.1) is 0 Å². The summed E-state index contributed by atoms with van der Waals surface area (Å²) in [5.41, 5.74) is 0.349. The number of hydrogen-bond acceptors (Lipinski definition) is 8. The van der Waals surface area contributed by atoms with E-state index < -0.39 is 11.7 Å². The van der Waals surface area contributed by atoms with Gasteiger partial charge < -0.3 is 14.5 Å². The van der Waals surface area contributed by atoms with Gasteiger partial charge in [0, 0.05) is 25.2 Å². The minimum atomic E-state index is -4.50. The van der Waals surface area contributed by atoms with Gasteiger partial charge in [0.1, 0.15) is 6.26 Å². The number of alkyl halides is 3. The number of rotatable bonds is 10. The molecule has 0 unspecified atom stereocenters. The molecule has 1 N–H and O–H groups in total. The standard InChI is InChI=1S/C27H27F3N6O3S/c28-27(29,30)20-8-4-9-21(16-20)36-24(19-6-2-1-3-7-19)33-34-26(36)40-18-23-32-22(17-39-23)25(37)31-10-5-11-35-12-14-38-15-13-35/h1-4,6-9,16-17H,5,10-15,18H2,(H,31,37). The molecular weight excluding hydrogens is 545 g/mol. The second-order valence-electron chi connectivity index (χ2n) is 9.03. The van der Waals surface area contributed by atoms with Crippen LogP contribution in [0.3, 0.4) is 0 Å². The molecular formula is C27H27F3N6O3S. The number of ether oxygens (including phenoxy) is 1. The van der Waals surface area contributed by atoms with Crippen molar-refractivity contribution in [3.05, 3.63) is 78.0 Å². The van der Waals surface area contributed by atoms with Crippen molar-refractivity contribution >= 4 is 17.7 Å². The summed E-state index contributed by atoms with van der Waals surface area (Å²) in [5.74, 6) is 0.534. The Morgan fingerprint density at radius 2 is 1.85 bits per heavy atom. The molecule has 3 heterocycles. The molecule has 1 saturated heterocycles. The van der Waals surface area contributed by atoms with E-state index >= 15 is 0 Å². The Kier molecular flexibility index (Phi) is 8.82. The van der Waals surface area contributed by atoms with E-state index in [0.29, 0.717) is 23.1 Å². The van der Waals surface area contributed by atoms with Gasteiger partial charge in [0.2, 0.25) is 5.89 Å². The molecule has 4 aromatic rings. The quantitative estimate of drug-likeness (QED) is 0.216. The fraction of sp³-hybridized carbons (Fsp3) is 0.333. The third-order valence-corrected chi connectivity index (χ3v) is 7.16. The SMILES string of the molecule is O=C(NCCCN1CCOCC1)c1coc(CSc2nnc(-c3ccccc3)n2-c2cccc(C(F)(F)F)c2)n1. The molecule has 5 rings (SSSR count). The maximum Gasteiger partial charge on any atom is 0.416 e. The highest BCUT2D eigenvalue weighted by Crippen LogP contribution is 2.34. The average molecular weight is 573 g/mol. The molecule has 0 radical (unpaired) electrons. The maximum atomic E-state index is 13.4. The number of nitrogens with zero attached hydrogens (tertiary/aromatic N) is 5. The number of oxazole rings is 1. The van der Waals surface area contributed by atoms with Gasteiger partial charge in [0.25, 0.3) is 5.91 Å². The second kappa shape index (κ2) is 12.7. The highest BCUT2D eigenvalue weighted by atomic mass is 32.2. The fourth-order valence-electron chi connectivity index (χ4n) is 4.22. The highest BCUT2D eigenvalue weighted by molar-refractivity contribution is 7.98. The molecule has 1 amide bonds. The Morgan fingerprint density at radius 1 is 1.05 bits per heavy atom. The topological polar surface area (TPSA) is 98.3 Å². The first-order valence-electron chi connectivity index (χ1n) is 12.7. The van der Waals surface area contributed by atoms with Crippen LogP contribution in [0.25, 0.3) is 17.1 Å². The molecule has 9 nitrogen and oxygen atoms in total. The summed E-state index contributed by atoms with van der Waals surface area (Å²) in [5, 5.41) is 11.7. The molecule has 2 aromatic carbocycles. The van der Waals surface area contributed by atoms with E-state index in [-0.39, 0.29) is 28.9 Å². The Morgan fingerprint density at radius 3 is 2.62 bits per heavy atom. The van der Waals surface area contributed by atoms with E-state index in [4.69, 9.17) is 9.15 Å². The molecule has 1 aliphatic rings. The number of thioether (sulfide) groups is 1. The lowest BCUT2D eigenvalue weighted by molar-refractivity contribution is -0.137. The predicted octanol–water partition coefficient (Wildman–Crippen LogP) is 4.69. The smallest absolute Gasteiger partial charge is 0.416 e. The van der Waals surface area contributed by atoms with E-state index in [1.54, 1.807) is 10.6 Å². The van der Waals surface area contributed by atoms with Gasteiger partial charge in [0.05, 0.1) is 30.2 Å². The molecule has 1 aliphatic heterocycles. The second-order valence-corrected chi connectivity index (χ2v) is 9.98. The number of morpholine rings is 1. The van der Waals surface area contributed by atoms with Crippen molar-refractivity contribution in [2.24, 2.45) is 0 Å². The fourth-order valence-corrected chi connectivity index (χ4v) is 5.02. The number of benzene rings is 2. The number of nitrogens with one attached hydrogen (secondary N) is 1. The number of hydrogen-bond donors (Lipinski definition) is 1. The van der Waals surface area contributed by atoms with Crippen molar-refractivity contribution in [2.45, 2.75) is 23.5 Å². The lowest BCUT2D eigenvalue weighted by Crippen LogP contribution is -2.38. The summed E-state index contributed by atoms with van der Waals surface area (Å²) < 4.78 is 52.7. The number of carbonyl (C=O) groups excluding carboxylic acids is 1. The Bertz CT molecular complexity index is 1420. The van der Waals surface area contributed by atoms with Crippen molar-refractivity contribution in [3.63, 3.8) is 0 Å². The van der Waals surface area contributed by atoms with Gasteiger partial charge in [0.15, 0.2) is 16.7 Å². The van der Waals surface area contributed by atoms with Crippen molar-refractivity contribution in [3.8, 4) is 17.1 Å². The van der Waals surface area contributed by atoms with Crippen LogP contribution in [0.5, 0.6) is 0 Å². The summed E-state index contributed by atoms with van der Waals surface area (Å²) in [6, 6.07) is 14.1. The zero-order valence-electron chi connectivity index (χ0n) is 21.4. The molecule has 1 fully saturated rings. The van der Waals surface area contributed by atoms with Gasteiger partial charge in [-0.25, -0.2) is 4.98 Å². The summed E-state index contributed by atoms with van der Waals surface area (Å²) in [6.07, 6.45) is -2.40. The first-order valence-corrected chi connectivity index (χ1v) is 13.7. The van der Waals surface area contributed by atoms with Crippen molar-refractivity contribution in [1.29, 1.82) is 0 Å². The molecule has 210 valence electrons. The van der Waals surface area contributed by atoms with Gasteiger partial charge in [-0.15, -0.1) is 10.2 Å². The van der Waals surface area contributed by atoms with Crippen LogP contribution in [0.1, 0.15) is 28.4 Å². The number of amides is 1. The molecule has 0 atom stereocenters. The van der Waals surface area contributed by atoms with Crippen molar-refractivity contribution < 1.29 is 27.1 Å². The largest absolute Gasteiger partial charge is 0.447 e. The lowest BCUT2D eigenvalue weighted by atomic mass is 10.1. The maximum absolute atomic E-state index is 13.4. The zero-order valence-corrected chi connectivity index (χ0v) is 22.2. The van der Waals surface area contributed by atoms with E-state index in [1.807, 2.05) is 30.3 Å². The first-order chi connectivity index (χ1) is 19.4. The summed E-state index contributed by atoms with van der Waals surface area (Å²) >= 11 is 1.19. The predicted molar refractivity (Wildman–Crippen MR) is 142 cm³/mol. The molecule has 2 aromatic heterocycles. The van der Waals surface area contributed by atoms with E-state index in [0.717, 1.165) is 51.4 Å². The van der Waals surface area contributed by atoms with Crippen LogP contribution in [0.15, 0.2) is 70.4 Å². The molecule has 13 heteroatoms. The van der Waals surface area contributed by atoms with Gasteiger partial charge in [-0.2, -0.15) is 13.2 Å². The minimum absolute atomic E-state index is 0.159. The Labute approximate surface area is 232 Å².